The number of hydrogen-bond acceptors (Lipinski definition) is 3. The fourth-order valence-corrected chi connectivity index (χ4v) is 0.771. The smallest absolute Gasteiger partial charge is 0.326 e. The van der Waals surface area contributed by atoms with Crippen LogP contribution in [0.5, 0.6) is 0 Å². The molecule has 0 aromatic rings. The van der Waals surface area contributed by atoms with Gasteiger partial charge < -0.3 is 21.0 Å². The molecule has 0 saturated heterocycles. The summed E-state index contributed by atoms with van der Waals surface area (Å²) in [6.45, 7) is 1.18. The number of nitrogens with one attached hydrogen (secondary N) is 1. The van der Waals surface area contributed by atoms with Gasteiger partial charge in [0.15, 0.2) is 0 Å². The summed E-state index contributed by atoms with van der Waals surface area (Å²) < 4.78 is 0. The molecule has 1 amide bonds. The minimum atomic E-state index is -1.23. The Bertz CT molecular complexity index is 226. The van der Waals surface area contributed by atoms with E-state index in [-0.39, 0.29) is 18.3 Å². The van der Waals surface area contributed by atoms with Crippen LogP contribution in [0, 0.1) is 0 Å². The van der Waals surface area contributed by atoms with E-state index in [1.54, 1.807) is 0 Å². The maximum Gasteiger partial charge on any atom is 0.326 e. The molecule has 1 unspecified atom stereocenters. The summed E-state index contributed by atoms with van der Waals surface area (Å²) in [5, 5.41) is 18.9. The van der Waals surface area contributed by atoms with Crippen LogP contribution in [0.3, 0.4) is 0 Å². The second-order valence-corrected chi connectivity index (χ2v) is 2.52. The van der Waals surface area contributed by atoms with E-state index >= 15 is 0 Å². The van der Waals surface area contributed by atoms with Gasteiger partial charge in [0, 0.05) is 13.3 Å². The Morgan fingerprint density at radius 3 is 2.07 bits per heavy atom. The highest BCUT2D eigenvalue weighted by molar-refractivity contribution is 5.82. The highest BCUT2D eigenvalue weighted by Gasteiger charge is 2.18. The molecule has 0 heterocycles. The van der Waals surface area contributed by atoms with Gasteiger partial charge in [-0.3, -0.25) is 9.59 Å². The van der Waals surface area contributed by atoms with E-state index in [1.165, 1.54) is 6.92 Å². The predicted octanol–water partition coefficient (Wildman–Crippen LogP) is -1.38. The third-order valence-electron chi connectivity index (χ3n) is 1.32. The van der Waals surface area contributed by atoms with Crippen molar-refractivity contribution in [3.05, 3.63) is 0 Å². The van der Waals surface area contributed by atoms with Gasteiger partial charge in [0.1, 0.15) is 6.04 Å². The number of carbonyl (C=O) groups is 3. The summed E-state index contributed by atoms with van der Waals surface area (Å²) in [4.78, 5) is 31.0. The molecule has 1 atom stereocenters. The third kappa shape index (κ3) is 7.04. The molecule has 7 nitrogen and oxygen atoms in total. The van der Waals surface area contributed by atoms with Crippen LogP contribution in [0.2, 0.25) is 0 Å². The SMILES string of the molecule is CC(=O)NC(CCC(=O)O)C(=O)O.O. The Labute approximate surface area is 80.0 Å². The van der Waals surface area contributed by atoms with Crippen molar-refractivity contribution in [1.82, 2.24) is 5.32 Å². The zero-order chi connectivity index (χ0) is 10.4. The fourth-order valence-electron chi connectivity index (χ4n) is 0.771. The first-order valence-electron chi connectivity index (χ1n) is 3.65. The summed E-state index contributed by atoms with van der Waals surface area (Å²) in [6.07, 6.45) is -0.387. The summed E-state index contributed by atoms with van der Waals surface area (Å²) in [5.41, 5.74) is 0. The van der Waals surface area contributed by atoms with Gasteiger partial charge in [-0.2, -0.15) is 0 Å². The lowest BCUT2D eigenvalue weighted by Gasteiger charge is -2.10. The molecule has 0 bridgehead atoms. The molecule has 0 radical (unpaired) electrons. The van der Waals surface area contributed by atoms with Gasteiger partial charge in [-0.1, -0.05) is 0 Å². The Morgan fingerprint density at radius 1 is 1.29 bits per heavy atom. The highest BCUT2D eigenvalue weighted by Crippen LogP contribution is 1.97. The number of carboxylic acid groups (broad SMARTS) is 2. The minimum absolute atomic E-state index is 0. The van der Waals surface area contributed by atoms with E-state index in [2.05, 4.69) is 5.32 Å². The lowest BCUT2D eigenvalue weighted by atomic mass is 10.1. The third-order valence-corrected chi connectivity index (χ3v) is 1.32. The van der Waals surface area contributed by atoms with E-state index in [9.17, 15) is 14.4 Å². The number of rotatable bonds is 5. The Morgan fingerprint density at radius 2 is 1.79 bits per heavy atom. The number of aliphatic carboxylic acids is 2. The molecule has 0 fully saturated rings. The lowest BCUT2D eigenvalue weighted by Crippen LogP contribution is -2.39. The average Bonchev–Trinajstić information content (AvgIpc) is 1.96. The fraction of sp³-hybridized carbons (Fsp3) is 0.571. The zero-order valence-electron chi connectivity index (χ0n) is 7.61. The van der Waals surface area contributed by atoms with Gasteiger partial charge in [0.05, 0.1) is 0 Å². The Hall–Kier alpha value is -1.63. The molecule has 0 aliphatic heterocycles. The van der Waals surface area contributed by atoms with E-state index in [1.807, 2.05) is 0 Å². The van der Waals surface area contributed by atoms with E-state index < -0.39 is 23.9 Å². The quantitative estimate of drug-likeness (QED) is 0.510. The van der Waals surface area contributed by atoms with Crippen molar-refractivity contribution in [2.75, 3.05) is 0 Å². The monoisotopic (exact) mass is 207 g/mol. The first-order valence-corrected chi connectivity index (χ1v) is 3.65. The van der Waals surface area contributed by atoms with Gasteiger partial charge in [0.25, 0.3) is 0 Å². The summed E-state index contributed by atoms with van der Waals surface area (Å²) in [6, 6.07) is -1.12. The molecule has 7 heteroatoms. The van der Waals surface area contributed by atoms with Crippen molar-refractivity contribution in [3.63, 3.8) is 0 Å². The molecule has 14 heavy (non-hydrogen) atoms. The summed E-state index contributed by atoms with van der Waals surface area (Å²) >= 11 is 0. The van der Waals surface area contributed by atoms with Crippen molar-refractivity contribution < 1.29 is 30.1 Å². The van der Waals surface area contributed by atoms with Gasteiger partial charge in [-0.15, -0.1) is 0 Å². The summed E-state index contributed by atoms with van der Waals surface area (Å²) in [5.74, 6) is -2.80. The van der Waals surface area contributed by atoms with Gasteiger partial charge in [-0.05, 0) is 6.42 Å². The Kier molecular flexibility index (Phi) is 7.27. The topological polar surface area (TPSA) is 135 Å². The molecule has 0 aliphatic carbocycles. The van der Waals surface area contributed by atoms with Crippen LogP contribution >= 0.6 is 0 Å². The summed E-state index contributed by atoms with van der Waals surface area (Å²) in [7, 11) is 0. The van der Waals surface area contributed by atoms with Gasteiger partial charge >= 0.3 is 11.9 Å². The second-order valence-electron chi connectivity index (χ2n) is 2.52. The van der Waals surface area contributed by atoms with Gasteiger partial charge in [0.2, 0.25) is 5.91 Å². The van der Waals surface area contributed by atoms with Crippen LogP contribution in [0.1, 0.15) is 19.8 Å². The molecule has 5 N–H and O–H groups in total. The normalized spacial score (nSPS) is 10.9. The number of carboxylic acids is 2. The first-order chi connectivity index (χ1) is 5.93. The minimum Gasteiger partial charge on any atom is -0.481 e. The molecule has 0 aliphatic rings. The van der Waals surface area contributed by atoms with Crippen LogP contribution in [-0.2, 0) is 14.4 Å². The van der Waals surface area contributed by atoms with Crippen molar-refractivity contribution in [3.8, 4) is 0 Å². The molecular weight excluding hydrogens is 194 g/mol. The van der Waals surface area contributed by atoms with E-state index in [0.29, 0.717) is 0 Å². The highest BCUT2D eigenvalue weighted by atomic mass is 16.4. The maximum atomic E-state index is 10.5. The van der Waals surface area contributed by atoms with Crippen molar-refractivity contribution in [2.45, 2.75) is 25.8 Å². The van der Waals surface area contributed by atoms with Crippen LogP contribution in [0.4, 0.5) is 0 Å². The lowest BCUT2D eigenvalue weighted by molar-refractivity contribution is -0.142. The van der Waals surface area contributed by atoms with Crippen molar-refractivity contribution in [2.24, 2.45) is 0 Å². The molecule has 82 valence electrons. The number of carbonyl (C=O) groups excluding carboxylic acids is 1. The second kappa shape index (κ2) is 6.84. The largest absolute Gasteiger partial charge is 0.481 e. The maximum absolute atomic E-state index is 10.5. The molecule has 0 aromatic carbocycles. The molecule has 0 aromatic heterocycles. The van der Waals surface area contributed by atoms with Crippen LogP contribution in [0.15, 0.2) is 0 Å². The standard InChI is InChI=1S/C7H11NO5.H2O/c1-4(9)8-5(7(12)13)2-3-6(10)11;/h5H,2-3H2,1H3,(H,8,9)(H,10,11)(H,12,13);1H2. The van der Waals surface area contributed by atoms with Crippen LogP contribution in [-0.4, -0.2) is 39.6 Å². The van der Waals surface area contributed by atoms with Crippen LogP contribution in [0.25, 0.3) is 0 Å². The molecule has 0 saturated carbocycles. The number of amides is 1. The number of hydrogen-bond donors (Lipinski definition) is 3. The van der Waals surface area contributed by atoms with E-state index in [4.69, 9.17) is 10.2 Å². The first kappa shape index (κ1) is 14.9. The van der Waals surface area contributed by atoms with Crippen molar-refractivity contribution >= 4 is 17.8 Å². The molecular formula is C7H13NO6. The van der Waals surface area contributed by atoms with E-state index in [0.717, 1.165) is 0 Å². The average molecular weight is 207 g/mol. The van der Waals surface area contributed by atoms with Gasteiger partial charge in [-0.25, -0.2) is 4.79 Å². The molecule has 0 spiro atoms. The van der Waals surface area contributed by atoms with Crippen LogP contribution < -0.4 is 5.32 Å². The Balaban J connectivity index is 0. The predicted molar refractivity (Wildman–Crippen MR) is 45.7 cm³/mol. The zero-order valence-corrected chi connectivity index (χ0v) is 7.61. The van der Waals surface area contributed by atoms with Crippen molar-refractivity contribution in [1.29, 1.82) is 0 Å². The molecule has 0 rings (SSSR count).